The maximum absolute atomic E-state index is 12.9. The maximum Gasteiger partial charge on any atom is 0.361 e. The number of esters is 2. The van der Waals surface area contributed by atoms with E-state index in [1.807, 2.05) is 21.1 Å². The lowest BCUT2D eigenvalue weighted by molar-refractivity contribution is -0.870. The molecule has 0 saturated heterocycles. The summed E-state index contributed by atoms with van der Waals surface area (Å²) in [5.41, 5.74) is 0. The summed E-state index contributed by atoms with van der Waals surface area (Å²) in [6, 6.07) is 0. The molecule has 0 radical (unpaired) electrons. The quantitative estimate of drug-likeness (QED) is 0.0211. The zero-order valence-corrected chi connectivity index (χ0v) is 49.2. The topological polar surface area (TPSA) is 108 Å². The minimum atomic E-state index is -1.51. The molecule has 0 aromatic rings. The number of ether oxygens (including phenoxy) is 4. The van der Waals surface area contributed by atoms with Crippen LogP contribution in [0.3, 0.4) is 0 Å². The van der Waals surface area contributed by atoms with E-state index in [1.54, 1.807) is 0 Å². The second-order valence-corrected chi connectivity index (χ2v) is 21.6. The van der Waals surface area contributed by atoms with Gasteiger partial charge in [0.05, 0.1) is 34.4 Å². The van der Waals surface area contributed by atoms with Gasteiger partial charge in [0.2, 0.25) is 0 Å². The highest BCUT2D eigenvalue weighted by atomic mass is 16.7. The van der Waals surface area contributed by atoms with Crippen LogP contribution in [0.15, 0.2) is 85.1 Å². The normalized spacial score (nSPS) is 13.3. The smallest absolute Gasteiger partial charge is 0.361 e. The third-order valence-electron chi connectivity index (χ3n) is 13.2. The highest BCUT2D eigenvalue weighted by Gasteiger charge is 2.25. The maximum atomic E-state index is 12.9. The lowest BCUT2D eigenvalue weighted by atomic mass is 10.0. The van der Waals surface area contributed by atoms with Crippen molar-refractivity contribution >= 4 is 17.9 Å². The van der Waals surface area contributed by atoms with Crippen LogP contribution >= 0.6 is 0 Å². The van der Waals surface area contributed by atoms with Crippen molar-refractivity contribution in [3.8, 4) is 0 Å². The Labute approximate surface area is 461 Å². The molecule has 0 rings (SSSR count). The number of carboxylic acids is 1. The number of carboxylic acid groups (broad SMARTS) is 1. The van der Waals surface area contributed by atoms with Crippen LogP contribution in [0.5, 0.6) is 0 Å². The van der Waals surface area contributed by atoms with Crippen LogP contribution in [0.25, 0.3) is 0 Å². The van der Waals surface area contributed by atoms with Crippen LogP contribution in [0, 0.1) is 0 Å². The van der Waals surface area contributed by atoms with E-state index in [0.717, 1.165) is 83.5 Å². The molecular formula is C66H116NO8+. The number of likely N-dealkylation sites (N-methyl/N-ethyl adjacent to an activating group) is 1. The van der Waals surface area contributed by atoms with Gasteiger partial charge in [0, 0.05) is 12.8 Å². The number of quaternary nitrogens is 1. The first-order valence-corrected chi connectivity index (χ1v) is 30.8. The minimum Gasteiger partial charge on any atom is -0.477 e. The summed E-state index contributed by atoms with van der Waals surface area (Å²) in [5, 5.41) is 9.70. The molecule has 0 spiro atoms. The molecule has 0 fully saturated rings. The molecule has 9 nitrogen and oxygen atoms in total. The Hall–Kier alpha value is -3.53. The number of carbonyl (C=O) groups is 3. The molecule has 2 atom stereocenters. The van der Waals surface area contributed by atoms with Crippen molar-refractivity contribution in [1.29, 1.82) is 0 Å². The van der Waals surface area contributed by atoms with Gasteiger partial charge in [-0.2, -0.15) is 0 Å². The molecule has 2 unspecified atom stereocenters. The van der Waals surface area contributed by atoms with Crippen molar-refractivity contribution in [2.24, 2.45) is 0 Å². The molecule has 432 valence electrons. The molecule has 0 aliphatic heterocycles. The highest BCUT2D eigenvalue weighted by molar-refractivity contribution is 5.71. The van der Waals surface area contributed by atoms with Gasteiger partial charge in [0.15, 0.2) is 6.10 Å². The SMILES string of the molecule is CC/C=C\C/C=C\C/C=C\C/C=C\C/C=C\C/C=C\C/C=C\CCCCCCCCCCCCCCCC(=O)OC(COC(=O)CCCCCCCCCCCCCCCCC)COC(OCC[N+](C)(C)C)C(=O)O. The fraction of sp³-hybridized carbons (Fsp3) is 0.742. The average molecular weight is 1050 g/mol. The molecule has 0 aromatic carbocycles. The van der Waals surface area contributed by atoms with Crippen molar-refractivity contribution in [1.82, 2.24) is 0 Å². The summed E-state index contributed by atoms with van der Waals surface area (Å²) in [4.78, 5) is 37.4. The van der Waals surface area contributed by atoms with Crippen molar-refractivity contribution in [3.63, 3.8) is 0 Å². The Kier molecular flexibility index (Phi) is 54.0. The summed E-state index contributed by atoms with van der Waals surface area (Å²) in [6.45, 7) is 4.78. The molecule has 1 N–H and O–H groups in total. The van der Waals surface area contributed by atoms with Gasteiger partial charge >= 0.3 is 17.9 Å². The molecule has 9 heteroatoms. The third-order valence-corrected chi connectivity index (χ3v) is 13.2. The predicted molar refractivity (Wildman–Crippen MR) is 318 cm³/mol. The van der Waals surface area contributed by atoms with Gasteiger partial charge in [-0.05, 0) is 70.6 Å². The van der Waals surface area contributed by atoms with E-state index in [4.69, 9.17) is 18.9 Å². The molecule has 0 aliphatic carbocycles. The molecular weight excluding hydrogens is 935 g/mol. The molecule has 0 aliphatic rings. The molecule has 0 saturated carbocycles. The Bertz CT molecular complexity index is 1500. The van der Waals surface area contributed by atoms with Crippen LogP contribution < -0.4 is 0 Å². The number of hydrogen-bond donors (Lipinski definition) is 1. The van der Waals surface area contributed by atoms with Gasteiger partial charge in [-0.25, -0.2) is 4.79 Å². The van der Waals surface area contributed by atoms with Crippen molar-refractivity contribution in [2.75, 3.05) is 47.5 Å². The zero-order valence-electron chi connectivity index (χ0n) is 49.2. The summed E-state index contributed by atoms with van der Waals surface area (Å²) in [7, 11) is 5.97. The second-order valence-electron chi connectivity index (χ2n) is 21.6. The summed E-state index contributed by atoms with van der Waals surface area (Å²) < 4.78 is 22.9. The number of unbranched alkanes of at least 4 members (excludes halogenated alkanes) is 27. The summed E-state index contributed by atoms with van der Waals surface area (Å²) in [5.74, 6) is -2.00. The fourth-order valence-electron chi connectivity index (χ4n) is 8.47. The van der Waals surface area contributed by atoms with Gasteiger partial charge < -0.3 is 28.5 Å². The number of hydrogen-bond acceptors (Lipinski definition) is 7. The Morgan fingerprint density at radius 3 is 1.13 bits per heavy atom. The van der Waals surface area contributed by atoms with Crippen LogP contribution in [0.4, 0.5) is 0 Å². The predicted octanol–water partition coefficient (Wildman–Crippen LogP) is 18.3. The van der Waals surface area contributed by atoms with Gasteiger partial charge in [-0.1, -0.05) is 259 Å². The van der Waals surface area contributed by atoms with E-state index in [0.29, 0.717) is 17.4 Å². The van der Waals surface area contributed by atoms with E-state index >= 15 is 0 Å². The van der Waals surface area contributed by atoms with E-state index < -0.39 is 24.3 Å². The third kappa shape index (κ3) is 58.0. The first-order chi connectivity index (χ1) is 36.6. The first kappa shape index (κ1) is 71.5. The molecule has 0 amide bonds. The Morgan fingerprint density at radius 1 is 0.413 bits per heavy atom. The van der Waals surface area contributed by atoms with E-state index in [9.17, 15) is 19.5 Å². The zero-order chi connectivity index (χ0) is 54.8. The monoisotopic (exact) mass is 1050 g/mol. The van der Waals surface area contributed by atoms with Crippen LogP contribution in [-0.2, 0) is 33.3 Å². The summed E-state index contributed by atoms with van der Waals surface area (Å²) >= 11 is 0. The number of carbonyl (C=O) groups excluding carboxylic acids is 2. The number of aliphatic carboxylic acids is 1. The van der Waals surface area contributed by atoms with Crippen molar-refractivity contribution in [3.05, 3.63) is 85.1 Å². The lowest BCUT2D eigenvalue weighted by Crippen LogP contribution is -2.40. The molecule has 0 heterocycles. The van der Waals surface area contributed by atoms with Crippen LogP contribution in [0.2, 0.25) is 0 Å². The van der Waals surface area contributed by atoms with E-state index in [-0.39, 0.29) is 32.2 Å². The van der Waals surface area contributed by atoms with E-state index in [2.05, 4.69) is 98.9 Å². The minimum absolute atomic E-state index is 0.182. The first-order valence-electron chi connectivity index (χ1n) is 30.8. The van der Waals surface area contributed by atoms with Crippen molar-refractivity contribution < 1.29 is 42.9 Å². The van der Waals surface area contributed by atoms with E-state index in [1.165, 1.54) is 148 Å². The van der Waals surface area contributed by atoms with Gasteiger partial charge in [0.25, 0.3) is 6.29 Å². The van der Waals surface area contributed by atoms with Gasteiger partial charge in [-0.15, -0.1) is 0 Å². The average Bonchev–Trinajstić information content (AvgIpc) is 3.38. The number of allylic oxidation sites excluding steroid dienone is 14. The lowest BCUT2D eigenvalue weighted by Gasteiger charge is -2.25. The highest BCUT2D eigenvalue weighted by Crippen LogP contribution is 2.17. The van der Waals surface area contributed by atoms with Gasteiger partial charge in [0.1, 0.15) is 13.2 Å². The van der Waals surface area contributed by atoms with Crippen LogP contribution in [0.1, 0.15) is 258 Å². The largest absolute Gasteiger partial charge is 0.477 e. The van der Waals surface area contributed by atoms with Crippen LogP contribution in [-0.4, -0.2) is 87.4 Å². The fourth-order valence-corrected chi connectivity index (χ4v) is 8.47. The molecule has 75 heavy (non-hydrogen) atoms. The second kappa shape index (κ2) is 56.7. The Morgan fingerprint density at radius 2 is 0.760 bits per heavy atom. The Balaban J connectivity index is 4.13. The van der Waals surface area contributed by atoms with Gasteiger partial charge in [-0.3, -0.25) is 9.59 Å². The standard InChI is InChI=1S/C66H115NO8/c1-6-8-10-12-14-16-18-20-22-23-24-25-26-27-28-29-30-31-32-33-34-35-36-37-38-39-40-41-43-45-47-49-51-53-55-57-64(69)75-62(61-74-66(65(70)71)72-59-58-67(3,4)5)60-73-63(68)56-54-52-50-48-46-44-42-21-19-17-15-13-11-9-7-2/h8,10,14,16,20,22,24-25,27-28,30-31,33-34,62,66H,6-7,9,11-13,15,17-19,21,23,26,29,32,35-61H2,1-5H3/p+1/b10-8-,16-14-,22-20-,25-24-,28-27-,31-30-,34-33-. The number of rotatable bonds is 56. The summed E-state index contributed by atoms with van der Waals surface area (Å²) in [6.07, 6.45) is 72.4. The molecule has 0 bridgehead atoms. The molecule has 0 aromatic heterocycles. The van der Waals surface area contributed by atoms with Crippen molar-refractivity contribution in [2.45, 2.75) is 270 Å². The number of nitrogens with zero attached hydrogens (tertiary/aromatic N) is 1.